The molecule has 1 aliphatic heterocycles. The normalized spacial score (nSPS) is 27.7. The van der Waals surface area contributed by atoms with Gasteiger partial charge in [-0.2, -0.15) is 0 Å². The summed E-state index contributed by atoms with van der Waals surface area (Å²) in [5.74, 6) is -0.104. The van der Waals surface area contributed by atoms with Crippen LogP contribution < -0.4 is 0 Å². The van der Waals surface area contributed by atoms with E-state index >= 15 is 0 Å². The van der Waals surface area contributed by atoms with Gasteiger partial charge in [-0.25, -0.2) is 0 Å². The van der Waals surface area contributed by atoms with E-state index in [0.29, 0.717) is 12.2 Å². The van der Waals surface area contributed by atoms with Crippen molar-refractivity contribution in [2.45, 2.75) is 33.2 Å². The number of ketones is 1. The first-order valence-electron chi connectivity index (χ1n) is 5.87. The van der Waals surface area contributed by atoms with Crippen LogP contribution in [0.5, 0.6) is 0 Å². The highest BCUT2D eigenvalue weighted by atomic mass is 16.7. The lowest BCUT2D eigenvalue weighted by Crippen LogP contribution is -2.47. The van der Waals surface area contributed by atoms with Crippen LogP contribution >= 0.6 is 0 Å². The van der Waals surface area contributed by atoms with Crippen LogP contribution in [0.1, 0.15) is 31.1 Å². The number of benzene rings is 1. The lowest BCUT2D eigenvalue weighted by atomic mass is 9.87. The van der Waals surface area contributed by atoms with Crippen LogP contribution in [0.15, 0.2) is 30.3 Å². The Bertz CT molecular complexity index is 397. The van der Waals surface area contributed by atoms with Gasteiger partial charge in [-0.3, -0.25) is 4.79 Å². The maximum Gasteiger partial charge on any atom is 0.222 e. The molecule has 1 aromatic carbocycles. The summed E-state index contributed by atoms with van der Waals surface area (Å²) in [6.45, 7) is 6.66. The van der Waals surface area contributed by atoms with Gasteiger partial charge in [-0.05, 0) is 6.92 Å². The van der Waals surface area contributed by atoms with Gasteiger partial charge in [-0.1, -0.05) is 44.2 Å². The summed E-state index contributed by atoms with van der Waals surface area (Å²) < 4.78 is 11.2. The number of ether oxygens (including phenoxy) is 2. The number of carbonyl (C=O) groups is 1. The summed E-state index contributed by atoms with van der Waals surface area (Å²) >= 11 is 0. The number of hydrogen-bond acceptors (Lipinski definition) is 3. The van der Waals surface area contributed by atoms with Crippen molar-refractivity contribution < 1.29 is 14.3 Å². The van der Waals surface area contributed by atoms with Gasteiger partial charge >= 0.3 is 0 Å². The zero-order chi connectivity index (χ0) is 12.5. The molecule has 1 saturated heterocycles. The van der Waals surface area contributed by atoms with Crippen molar-refractivity contribution in [2.75, 3.05) is 6.61 Å². The van der Waals surface area contributed by atoms with E-state index in [2.05, 4.69) is 13.8 Å². The zero-order valence-electron chi connectivity index (χ0n) is 10.5. The van der Waals surface area contributed by atoms with E-state index < -0.39 is 6.29 Å². The minimum absolute atomic E-state index is 0.00825. The minimum atomic E-state index is -0.763. The van der Waals surface area contributed by atoms with Crippen LogP contribution in [0.25, 0.3) is 0 Å². The quantitative estimate of drug-likeness (QED) is 0.738. The van der Waals surface area contributed by atoms with Crippen LogP contribution in [0.4, 0.5) is 0 Å². The Morgan fingerprint density at radius 3 is 2.53 bits per heavy atom. The molecule has 2 rings (SSSR count). The molecule has 2 atom stereocenters. The van der Waals surface area contributed by atoms with Crippen molar-refractivity contribution in [2.24, 2.45) is 5.41 Å². The van der Waals surface area contributed by atoms with Crippen molar-refractivity contribution >= 4 is 5.78 Å². The van der Waals surface area contributed by atoms with Gasteiger partial charge in [0.25, 0.3) is 0 Å². The average Bonchev–Trinajstić information content (AvgIpc) is 2.33. The molecule has 0 spiro atoms. The van der Waals surface area contributed by atoms with Crippen LogP contribution in [0, 0.1) is 5.41 Å². The second-order valence-corrected chi connectivity index (χ2v) is 5.14. The number of carbonyl (C=O) groups excluding carboxylic acids is 1. The van der Waals surface area contributed by atoms with Gasteiger partial charge in [0, 0.05) is 11.0 Å². The number of rotatable bonds is 2. The van der Waals surface area contributed by atoms with Crippen LogP contribution in [-0.4, -0.2) is 24.8 Å². The van der Waals surface area contributed by atoms with Crippen molar-refractivity contribution in [3.05, 3.63) is 35.9 Å². The Labute approximate surface area is 102 Å². The molecule has 3 heteroatoms. The standard InChI is InChI=1S/C14H18O3/c1-10-14(2,3)9-16-13(17-10)12(15)11-7-5-4-6-8-11/h4-8,10,13H,9H2,1-3H3. The van der Waals surface area contributed by atoms with Gasteiger partial charge < -0.3 is 9.47 Å². The van der Waals surface area contributed by atoms with E-state index in [1.54, 1.807) is 12.1 Å². The zero-order valence-corrected chi connectivity index (χ0v) is 10.5. The SMILES string of the molecule is CC1OC(C(=O)c2ccccc2)OCC1(C)C. The molecule has 0 bridgehead atoms. The largest absolute Gasteiger partial charge is 0.345 e. The van der Waals surface area contributed by atoms with E-state index in [0.717, 1.165) is 0 Å². The topological polar surface area (TPSA) is 35.5 Å². The van der Waals surface area contributed by atoms with Crippen LogP contribution in [-0.2, 0) is 9.47 Å². The minimum Gasteiger partial charge on any atom is -0.345 e. The van der Waals surface area contributed by atoms with Crippen LogP contribution in [0.3, 0.4) is 0 Å². The molecule has 1 aliphatic rings. The molecule has 0 radical (unpaired) electrons. The first-order valence-corrected chi connectivity index (χ1v) is 5.87. The third kappa shape index (κ3) is 2.56. The fourth-order valence-electron chi connectivity index (χ4n) is 1.69. The second kappa shape index (κ2) is 4.59. The molecule has 2 unspecified atom stereocenters. The highest BCUT2D eigenvalue weighted by Gasteiger charge is 2.38. The maximum atomic E-state index is 12.1. The van der Waals surface area contributed by atoms with Gasteiger partial charge in [0.15, 0.2) is 0 Å². The molecule has 0 saturated carbocycles. The molecule has 0 aliphatic carbocycles. The molecular weight excluding hydrogens is 216 g/mol. The Balaban J connectivity index is 2.08. The summed E-state index contributed by atoms with van der Waals surface area (Å²) in [7, 11) is 0. The fourth-order valence-corrected chi connectivity index (χ4v) is 1.69. The van der Waals surface area contributed by atoms with Crippen molar-refractivity contribution in [3.8, 4) is 0 Å². The highest BCUT2D eigenvalue weighted by Crippen LogP contribution is 2.30. The summed E-state index contributed by atoms with van der Waals surface area (Å²) in [5.41, 5.74) is 0.581. The Morgan fingerprint density at radius 1 is 1.29 bits per heavy atom. The molecule has 0 amide bonds. The Morgan fingerprint density at radius 2 is 1.94 bits per heavy atom. The van der Waals surface area contributed by atoms with Gasteiger partial charge in [-0.15, -0.1) is 0 Å². The first kappa shape index (κ1) is 12.3. The summed E-state index contributed by atoms with van der Waals surface area (Å²) in [6, 6.07) is 9.11. The predicted octanol–water partition coefficient (Wildman–Crippen LogP) is 2.66. The van der Waals surface area contributed by atoms with Crippen molar-refractivity contribution in [3.63, 3.8) is 0 Å². The maximum absolute atomic E-state index is 12.1. The molecule has 1 fully saturated rings. The van der Waals surface area contributed by atoms with E-state index in [1.807, 2.05) is 25.1 Å². The second-order valence-electron chi connectivity index (χ2n) is 5.14. The van der Waals surface area contributed by atoms with Crippen molar-refractivity contribution in [1.29, 1.82) is 0 Å². The monoisotopic (exact) mass is 234 g/mol. The summed E-state index contributed by atoms with van der Waals surface area (Å²) in [5, 5.41) is 0. The fraction of sp³-hybridized carbons (Fsp3) is 0.500. The molecule has 92 valence electrons. The number of Topliss-reactive ketones (excluding diaryl/α,β-unsaturated/α-hetero) is 1. The molecule has 0 N–H and O–H groups in total. The van der Waals surface area contributed by atoms with E-state index in [9.17, 15) is 4.79 Å². The van der Waals surface area contributed by atoms with E-state index in [1.165, 1.54) is 0 Å². The number of hydrogen-bond donors (Lipinski definition) is 0. The smallest absolute Gasteiger partial charge is 0.222 e. The molecule has 0 aromatic heterocycles. The summed E-state index contributed by atoms with van der Waals surface area (Å²) in [4.78, 5) is 12.1. The third-order valence-corrected chi connectivity index (χ3v) is 3.31. The molecule has 17 heavy (non-hydrogen) atoms. The lowest BCUT2D eigenvalue weighted by Gasteiger charge is -2.39. The molecule has 1 heterocycles. The third-order valence-electron chi connectivity index (χ3n) is 3.31. The van der Waals surface area contributed by atoms with E-state index in [4.69, 9.17) is 9.47 Å². The van der Waals surface area contributed by atoms with Gasteiger partial charge in [0.05, 0.1) is 12.7 Å². The van der Waals surface area contributed by atoms with Gasteiger partial charge in [0.2, 0.25) is 12.1 Å². The molecular formula is C14H18O3. The molecule has 1 aromatic rings. The van der Waals surface area contributed by atoms with Crippen LogP contribution in [0.2, 0.25) is 0 Å². The molecule has 3 nitrogen and oxygen atoms in total. The highest BCUT2D eigenvalue weighted by molar-refractivity contribution is 5.98. The van der Waals surface area contributed by atoms with Crippen molar-refractivity contribution in [1.82, 2.24) is 0 Å². The Kier molecular flexibility index (Phi) is 3.31. The Hall–Kier alpha value is -1.19. The summed E-state index contributed by atoms with van der Waals surface area (Å²) in [6.07, 6.45) is -0.755. The average molecular weight is 234 g/mol. The van der Waals surface area contributed by atoms with E-state index in [-0.39, 0.29) is 17.3 Å². The first-order chi connectivity index (χ1) is 8.00. The van der Waals surface area contributed by atoms with Gasteiger partial charge in [0.1, 0.15) is 0 Å². The predicted molar refractivity (Wildman–Crippen MR) is 64.8 cm³/mol. The lowest BCUT2D eigenvalue weighted by molar-refractivity contribution is -0.230.